The minimum absolute atomic E-state index is 0.121. The molecule has 1 spiro atoms. The highest BCUT2D eigenvalue weighted by Gasteiger charge is 2.53. The zero-order valence-corrected chi connectivity index (χ0v) is 18.5. The van der Waals surface area contributed by atoms with E-state index in [1.54, 1.807) is 30.2 Å². The number of rotatable bonds is 5. The Kier molecular flexibility index (Phi) is 5.78. The number of likely N-dealkylation sites (tertiary alicyclic amines) is 1. The lowest BCUT2D eigenvalue weighted by molar-refractivity contribution is -0.133. The molecule has 2 heterocycles. The lowest BCUT2D eigenvalue weighted by atomic mass is 9.88. The number of piperidine rings is 1. The second kappa shape index (κ2) is 8.53. The van der Waals surface area contributed by atoms with E-state index in [4.69, 9.17) is 9.47 Å². The molecule has 32 heavy (non-hydrogen) atoms. The average Bonchev–Trinajstić information content (AvgIpc) is 3.03. The summed E-state index contributed by atoms with van der Waals surface area (Å²) in [4.78, 5) is 42.2. The summed E-state index contributed by atoms with van der Waals surface area (Å²) in [7, 11) is 3.04. The molecule has 4 rings (SSSR count). The third kappa shape index (κ3) is 3.88. The lowest BCUT2D eigenvalue weighted by Gasteiger charge is -2.38. The van der Waals surface area contributed by atoms with E-state index in [9.17, 15) is 14.4 Å². The number of amides is 4. The summed E-state index contributed by atoms with van der Waals surface area (Å²) in [6.07, 6.45) is 1.10. The normalized spacial score (nSPS) is 20.5. The van der Waals surface area contributed by atoms with Crippen LogP contribution in [0.15, 0.2) is 42.5 Å². The van der Waals surface area contributed by atoms with Gasteiger partial charge >= 0.3 is 6.03 Å². The molecule has 2 aromatic carbocycles. The summed E-state index contributed by atoms with van der Waals surface area (Å²) in [5.41, 5.74) is 1.27. The van der Waals surface area contributed by atoms with E-state index in [1.165, 1.54) is 12.0 Å². The first-order valence-electron chi connectivity index (χ1n) is 10.6. The maximum Gasteiger partial charge on any atom is 0.325 e. The molecule has 2 fully saturated rings. The van der Waals surface area contributed by atoms with Crippen molar-refractivity contribution >= 4 is 17.8 Å². The van der Waals surface area contributed by atoms with Gasteiger partial charge in [0.25, 0.3) is 11.8 Å². The van der Waals surface area contributed by atoms with Crippen LogP contribution in [0.3, 0.4) is 0 Å². The Bertz CT molecular complexity index is 1050. The Morgan fingerprint density at radius 1 is 1.09 bits per heavy atom. The fourth-order valence-electron chi connectivity index (χ4n) is 4.35. The minimum Gasteiger partial charge on any atom is -0.497 e. The van der Waals surface area contributed by atoms with Crippen LogP contribution >= 0.6 is 0 Å². The summed E-state index contributed by atoms with van der Waals surface area (Å²) < 4.78 is 10.6. The zero-order valence-electron chi connectivity index (χ0n) is 18.5. The summed E-state index contributed by atoms with van der Waals surface area (Å²) in [5.74, 6) is 0.445. The second-order valence-corrected chi connectivity index (χ2v) is 8.29. The van der Waals surface area contributed by atoms with Crippen molar-refractivity contribution in [3.05, 3.63) is 59.2 Å². The van der Waals surface area contributed by atoms with Crippen molar-refractivity contribution < 1.29 is 23.9 Å². The minimum atomic E-state index is -1.10. The van der Waals surface area contributed by atoms with Crippen molar-refractivity contribution in [3.63, 3.8) is 0 Å². The van der Waals surface area contributed by atoms with Crippen LogP contribution in [0.1, 0.15) is 34.3 Å². The average molecular weight is 437 g/mol. The van der Waals surface area contributed by atoms with E-state index in [-0.39, 0.29) is 24.9 Å². The van der Waals surface area contributed by atoms with Crippen LogP contribution in [0.25, 0.3) is 0 Å². The van der Waals surface area contributed by atoms with Crippen LogP contribution in [0, 0.1) is 6.92 Å². The highest BCUT2D eigenvalue weighted by Crippen LogP contribution is 2.32. The molecule has 4 amide bonds. The van der Waals surface area contributed by atoms with Crippen molar-refractivity contribution in [1.29, 1.82) is 0 Å². The van der Waals surface area contributed by atoms with E-state index in [1.807, 2.05) is 31.2 Å². The number of hydrogen-bond acceptors (Lipinski definition) is 5. The monoisotopic (exact) mass is 437 g/mol. The number of hydrogen-bond donors (Lipinski definition) is 1. The number of aryl methyl sites for hydroxylation is 1. The van der Waals surface area contributed by atoms with Crippen molar-refractivity contribution in [2.24, 2.45) is 0 Å². The number of nitrogens with one attached hydrogen (secondary N) is 1. The largest absolute Gasteiger partial charge is 0.497 e. The van der Waals surface area contributed by atoms with Crippen molar-refractivity contribution in [2.75, 3.05) is 27.3 Å². The van der Waals surface area contributed by atoms with Crippen LogP contribution in [-0.2, 0) is 11.3 Å². The topological polar surface area (TPSA) is 88.2 Å². The molecule has 2 saturated heterocycles. The Balaban J connectivity index is 1.54. The SMILES string of the molecule is COc1ccc(C(=O)N2CCCC3(C2)NC(=O)N(Cc2ccc(C)cc2)C3=O)c(OC)c1. The second-order valence-electron chi connectivity index (χ2n) is 8.29. The first kappa shape index (κ1) is 21.7. The third-order valence-corrected chi connectivity index (χ3v) is 6.13. The van der Waals surface area contributed by atoms with Crippen LogP contribution in [-0.4, -0.2) is 60.5 Å². The van der Waals surface area contributed by atoms with Gasteiger partial charge in [-0.2, -0.15) is 0 Å². The molecule has 1 atom stereocenters. The van der Waals surface area contributed by atoms with Gasteiger partial charge in [-0.1, -0.05) is 29.8 Å². The van der Waals surface area contributed by atoms with Gasteiger partial charge in [0, 0.05) is 12.6 Å². The number of ether oxygens (including phenoxy) is 2. The molecule has 0 aliphatic carbocycles. The molecular formula is C24H27N3O5. The van der Waals surface area contributed by atoms with E-state index in [0.29, 0.717) is 36.4 Å². The molecule has 1 unspecified atom stereocenters. The third-order valence-electron chi connectivity index (χ3n) is 6.13. The number of nitrogens with zero attached hydrogens (tertiary/aromatic N) is 2. The molecule has 2 aliphatic rings. The van der Waals surface area contributed by atoms with Gasteiger partial charge in [-0.3, -0.25) is 14.5 Å². The van der Waals surface area contributed by atoms with Crippen LogP contribution in [0.2, 0.25) is 0 Å². The van der Waals surface area contributed by atoms with Crippen LogP contribution < -0.4 is 14.8 Å². The molecule has 0 saturated carbocycles. The van der Waals surface area contributed by atoms with Crippen LogP contribution in [0.5, 0.6) is 11.5 Å². The number of carbonyl (C=O) groups is 3. The molecule has 8 nitrogen and oxygen atoms in total. The van der Waals surface area contributed by atoms with Gasteiger partial charge in [-0.25, -0.2) is 4.79 Å². The van der Waals surface area contributed by atoms with E-state index < -0.39 is 11.6 Å². The Labute approximate surface area is 187 Å². The quantitative estimate of drug-likeness (QED) is 0.727. The predicted molar refractivity (Wildman–Crippen MR) is 118 cm³/mol. The van der Waals surface area contributed by atoms with Gasteiger partial charge in [0.05, 0.1) is 32.9 Å². The number of carbonyl (C=O) groups excluding carboxylic acids is 3. The van der Waals surface area contributed by atoms with E-state index in [0.717, 1.165) is 11.1 Å². The molecule has 2 aliphatic heterocycles. The Hall–Kier alpha value is -3.55. The summed E-state index contributed by atoms with van der Waals surface area (Å²) >= 11 is 0. The first-order chi connectivity index (χ1) is 15.4. The highest BCUT2D eigenvalue weighted by molar-refractivity contribution is 6.08. The van der Waals surface area contributed by atoms with Gasteiger partial charge in [0.2, 0.25) is 0 Å². The molecule has 1 N–H and O–H groups in total. The molecule has 0 radical (unpaired) electrons. The molecule has 168 valence electrons. The summed E-state index contributed by atoms with van der Waals surface area (Å²) in [6, 6.07) is 12.3. The summed E-state index contributed by atoms with van der Waals surface area (Å²) in [6.45, 7) is 2.80. The standard InChI is InChI=1S/C24H27N3O5/c1-16-5-7-17(8-6-16)14-27-22(29)24(25-23(27)30)11-4-12-26(15-24)21(28)19-10-9-18(31-2)13-20(19)32-3/h5-10,13H,4,11-12,14-15H2,1-3H3,(H,25,30). The molecule has 2 aromatic rings. The zero-order chi connectivity index (χ0) is 22.9. The maximum absolute atomic E-state index is 13.3. The van der Waals surface area contributed by atoms with Gasteiger partial charge in [-0.05, 0) is 37.5 Å². The van der Waals surface area contributed by atoms with Crippen LogP contribution in [0.4, 0.5) is 4.79 Å². The number of benzene rings is 2. The molecular weight excluding hydrogens is 410 g/mol. The smallest absolute Gasteiger partial charge is 0.325 e. The van der Waals surface area contributed by atoms with E-state index >= 15 is 0 Å². The number of urea groups is 1. The fraction of sp³-hybridized carbons (Fsp3) is 0.375. The number of methoxy groups -OCH3 is 2. The molecule has 0 bridgehead atoms. The first-order valence-corrected chi connectivity index (χ1v) is 10.6. The van der Waals surface area contributed by atoms with Gasteiger partial charge in [-0.15, -0.1) is 0 Å². The summed E-state index contributed by atoms with van der Waals surface area (Å²) in [5, 5.41) is 2.88. The van der Waals surface area contributed by atoms with Gasteiger partial charge < -0.3 is 19.7 Å². The Morgan fingerprint density at radius 3 is 2.53 bits per heavy atom. The number of imide groups is 1. The van der Waals surface area contributed by atoms with Gasteiger partial charge in [0.15, 0.2) is 0 Å². The van der Waals surface area contributed by atoms with E-state index in [2.05, 4.69) is 5.32 Å². The molecule has 8 heteroatoms. The maximum atomic E-state index is 13.3. The van der Waals surface area contributed by atoms with Crippen molar-refractivity contribution in [1.82, 2.24) is 15.1 Å². The molecule has 0 aromatic heterocycles. The Morgan fingerprint density at radius 2 is 1.84 bits per heavy atom. The predicted octanol–water partition coefficient (Wildman–Crippen LogP) is 2.74. The lowest BCUT2D eigenvalue weighted by Crippen LogP contribution is -2.59. The van der Waals surface area contributed by atoms with Gasteiger partial charge in [0.1, 0.15) is 17.0 Å². The van der Waals surface area contributed by atoms with Crippen molar-refractivity contribution in [3.8, 4) is 11.5 Å². The highest BCUT2D eigenvalue weighted by atomic mass is 16.5. The van der Waals surface area contributed by atoms with Crippen molar-refractivity contribution in [2.45, 2.75) is 31.8 Å². The fourth-order valence-corrected chi connectivity index (χ4v) is 4.35.